The van der Waals surface area contributed by atoms with E-state index in [4.69, 9.17) is 0 Å². The second kappa shape index (κ2) is 4.31. The van der Waals surface area contributed by atoms with Crippen molar-refractivity contribution in [3.63, 3.8) is 0 Å². The van der Waals surface area contributed by atoms with Gasteiger partial charge in [-0.1, -0.05) is 18.2 Å². The molecule has 18 heavy (non-hydrogen) atoms. The predicted molar refractivity (Wildman–Crippen MR) is 72.3 cm³/mol. The van der Waals surface area contributed by atoms with E-state index in [1.807, 2.05) is 45.7 Å². The van der Waals surface area contributed by atoms with Crippen molar-refractivity contribution in [3.05, 3.63) is 58.4 Å². The Morgan fingerprint density at radius 3 is 2.83 bits per heavy atom. The molecule has 0 saturated heterocycles. The number of thiophene rings is 1. The normalized spacial score (nSPS) is 10.9. The maximum Gasteiger partial charge on any atom is 0.352 e. The quantitative estimate of drug-likeness (QED) is 0.780. The molecule has 0 atom stereocenters. The van der Waals surface area contributed by atoms with Gasteiger partial charge in [0.2, 0.25) is 0 Å². The monoisotopic (exact) mass is 257 g/mol. The molecular weight excluding hydrogens is 246 g/mol. The lowest BCUT2D eigenvalue weighted by Gasteiger charge is -2.06. The average molecular weight is 257 g/mol. The number of carboxylic acids is 1. The van der Waals surface area contributed by atoms with Gasteiger partial charge < -0.3 is 9.67 Å². The van der Waals surface area contributed by atoms with Crippen molar-refractivity contribution in [2.24, 2.45) is 0 Å². The summed E-state index contributed by atoms with van der Waals surface area (Å²) in [6.45, 7) is 0.596. The summed E-state index contributed by atoms with van der Waals surface area (Å²) in [5.74, 6) is -0.888. The van der Waals surface area contributed by atoms with Gasteiger partial charge in [0.1, 0.15) is 5.69 Å². The first-order valence-electron chi connectivity index (χ1n) is 5.58. The topological polar surface area (TPSA) is 42.2 Å². The minimum Gasteiger partial charge on any atom is -0.477 e. The molecule has 0 unspecified atom stereocenters. The zero-order chi connectivity index (χ0) is 12.5. The molecule has 0 bridgehead atoms. The molecule has 0 aliphatic carbocycles. The van der Waals surface area contributed by atoms with Crippen LogP contribution < -0.4 is 0 Å². The van der Waals surface area contributed by atoms with Crippen molar-refractivity contribution in [1.29, 1.82) is 0 Å². The first-order chi connectivity index (χ1) is 8.75. The number of aromatic carboxylic acids is 1. The minimum absolute atomic E-state index is 0.336. The molecule has 2 aromatic heterocycles. The smallest absolute Gasteiger partial charge is 0.352 e. The molecule has 0 aliphatic rings. The lowest BCUT2D eigenvalue weighted by molar-refractivity contribution is 0.0686. The summed E-state index contributed by atoms with van der Waals surface area (Å²) < 4.78 is 1.85. The third-order valence-corrected chi connectivity index (χ3v) is 3.68. The third-order valence-electron chi connectivity index (χ3n) is 2.95. The Hall–Kier alpha value is -2.07. The molecule has 0 amide bonds. The van der Waals surface area contributed by atoms with E-state index in [1.165, 1.54) is 0 Å². The molecule has 1 aromatic carbocycles. The summed E-state index contributed by atoms with van der Waals surface area (Å²) in [6, 6.07) is 11.5. The summed E-state index contributed by atoms with van der Waals surface area (Å²) in [5, 5.41) is 14.3. The summed E-state index contributed by atoms with van der Waals surface area (Å²) in [5.41, 5.74) is 2.42. The second-order valence-corrected chi connectivity index (χ2v) is 4.89. The summed E-state index contributed by atoms with van der Waals surface area (Å²) in [7, 11) is 0. The minimum atomic E-state index is -0.888. The number of carbonyl (C=O) groups is 1. The van der Waals surface area contributed by atoms with Gasteiger partial charge in [0.25, 0.3) is 0 Å². The van der Waals surface area contributed by atoms with Gasteiger partial charge in [-0.05, 0) is 34.5 Å². The molecule has 3 aromatic rings. The first-order valence-corrected chi connectivity index (χ1v) is 6.52. The molecular formula is C14H11NO2S. The van der Waals surface area contributed by atoms with Crippen LogP contribution in [0.25, 0.3) is 10.9 Å². The largest absolute Gasteiger partial charge is 0.477 e. The zero-order valence-corrected chi connectivity index (χ0v) is 10.4. The van der Waals surface area contributed by atoms with Crippen LogP contribution in [0.1, 0.15) is 16.1 Å². The number of benzene rings is 1. The number of hydrogen-bond donors (Lipinski definition) is 1. The lowest BCUT2D eigenvalue weighted by Crippen LogP contribution is -2.08. The molecule has 3 nitrogen and oxygen atoms in total. The van der Waals surface area contributed by atoms with Crippen LogP contribution >= 0.6 is 11.3 Å². The molecule has 0 fully saturated rings. The van der Waals surface area contributed by atoms with Crippen LogP contribution in [0.4, 0.5) is 0 Å². The Bertz CT molecular complexity index is 698. The van der Waals surface area contributed by atoms with E-state index in [-0.39, 0.29) is 0 Å². The summed E-state index contributed by atoms with van der Waals surface area (Å²) >= 11 is 1.62. The van der Waals surface area contributed by atoms with Gasteiger partial charge >= 0.3 is 5.97 Å². The van der Waals surface area contributed by atoms with E-state index in [1.54, 1.807) is 17.4 Å². The van der Waals surface area contributed by atoms with Gasteiger partial charge in [-0.2, -0.15) is 11.3 Å². The maximum absolute atomic E-state index is 11.3. The van der Waals surface area contributed by atoms with Gasteiger partial charge in [0.15, 0.2) is 0 Å². The maximum atomic E-state index is 11.3. The Labute approximate surface area is 108 Å². The van der Waals surface area contributed by atoms with Crippen molar-refractivity contribution >= 4 is 28.2 Å². The van der Waals surface area contributed by atoms with Crippen LogP contribution in [0.15, 0.2) is 47.2 Å². The molecule has 90 valence electrons. The highest BCUT2D eigenvalue weighted by Crippen LogP contribution is 2.22. The molecule has 0 radical (unpaired) electrons. The van der Waals surface area contributed by atoms with E-state index < -0.39 is 5.97 Å². The molecule has 0 aliphatic heterocycles. The zero-order valence-electron chi connectivity index (χ0n) is 9.54. The second-order valence-electron chi connectivity index (χ2n) is 4.11. The summed E-state index contributed by atoms with van der Waals surface area (Å²) in [4.78, 5) is 11.3. The van der Waals surface area contributed by atoms with Crippen LogP contribution in [0.5, 0.6) is 0 Å². The van der Waals surface area contributed by atoms with Crippen LogP contribution in [0, 0.1) is 0 Å². The number of hydrogen-bond acceptors (Lipinski definition) is 2. The molecule has 3 rings (SSSR count). The van der Waals surface area contributed by atoms with Crippen molar-refractivity contribution in [3.8, 4) is 0 Å². The van der Waals surface area contributed by atoms with Gasteiger partial charge in [-0.3, -0.25) is 0 Å². The van der Waals surface area contributed by atoms with Crippen LogP contribution in [-0.4, -0.2) is 15.6 Å². The highest BCUT2D eigenvalue weighted by Gasteiger charge is 2.14. The Morgan fingerprint density at radius 1 is 1.28 bits per heavy atom. The highest BCUT2D eigenvalue weighted by atomic mass is 32.1. The number of para-hydroxylation sites is 1. The van der Waals surface area contributed by atoms with E-state index in [2.05, 4.69) is 0 Å². The number of fused-ring (bicyclic) bond motifs is 1. The van der Waals surface area contributed by atoms with Crippen molar-refractivity contribution < 1.29 is 9.90 Å². The van der Waals surface area contributed by atoms with Gasteiger partial charge in [0.05, 0.1) is 0 Å². The predicted octanol–water partition coefficient (Wildman–Crippen LogP) is 3.45. The fourth-order valence-electron chi connectivity index (χ4n) is 2.12. The number of aromatic nitrogens is 1. The number of carboxylic acid groups (broad SMARTS) is 1. The molecule has 2 heterocycles. The first kappa shape index (κ1) is 11.0. The highest BCUT2D eigenvalue weighted by molar-refractivity contribution is 7.07. The van der Waals surface area contributed by atoms with E-state index >= 15 is 0 Å². The third kappa shape index (κ3) is 1.80. The lowest BCUT2D eigenvalue weighted by atomic mass is 10.2. The number of nitrogens with zero attached hydrogens (tertiary/aromatic N) is 1. The number of rotatable bonds is 3. The van der Waals surface area contributed by atoms with E-state index in [9.17, 15) is 9.90 Å². The van der Waals surface area contributed by atoms with Gasteiger partial charge in [0, 0.05) is 17.4 Å². The SMILES string of the molecule is O=C(O)c1cc2ccccc2n1Cc1ccsc1. The van der Waals surface area contributed by atoms with E-state index in [0.717, 1.165) is 16.5 Å². The van der Waals surface area contributed by atoms with Crippen LogP contribution in [-0.2, 0) is 6.54 Å². The van der Waals surface area contributed by atoms with Crippen molar-refractivity contribution in [2.75, 3.05) is 0 Å². The van der Waals surface area contributed by atoms with Crippen LogP contribution in [0.2, 0.25) is 0 Å². The van der Waals surface area contributed by atoms with Gasteiger partial charge in [-0.15, -0.1) is 0 Å². The fourth-order valence-corrected chi connectivity index (χ4v) is 2.78. The van der Waals surface area contributed by atoms with E-state index in [0.29, 0.717) is 12.2 Å². The molecule has 1 N–H and O–H groups in total. The average Bonchev–Trinajstić information content (AvgIpc) is 2.98. The van der Waals surface area contributed by atoms with Crippen molar-refractivity contribution in [1.82, 2.24) is 4.57 Å². The molecule has 0 saturated carbocycles. The standard InChI is InChI=1S/C14H11NO2S/c16-14(17)13-7-11-3-1-2-4-12(11)15(13)8-10-5-6-18-9-10/h1-7,9H,8H2,(H,16,17). The molecule has 0 spiro atoms. The Morgan fingerprint density at radius 2 is 2.11 bits per heavy atom. The Balaban J connectivity index is 2.18. The summed E-state index contributed by atoms with van der Waals surface area (Å²) in [6.07, 6.45) is 0. The molecule has 4 heteroatoms. The van der Waals surface area contributed by atoms with Gasteiger partial charge in [-0.25, -0.2) is 4.79 Å². The Kier molecular flexibility index (Phi) is 2.64. The van der Waals surface area contributed by atoms with Crippen molar-refractivity contribution in [2.45, 2.75) is 6.54 Å². The fraction of sp³-hybridized carbons (Fsp3) is 0.0714. The van der Waals surface area contributed by atoms with Crippen LogP contribution in [0.3, 0.4) is 0 Å².